The lowest BCUT2D eigenvalue weighted by molar-refractivity contribution is -0.130. The van der Waals surface area contributed by atoms with Gasteiger partial charge in [0.05, 0.1) is 46.2 Å². The van der Waals surface area contributed by atoms with Crippen molar-refractivity contribution in [3.8, 4) is 0 Å². The van der Waals surface area contributed by atoms with Gasteiger partial charge in [0.15, 0.2) is 0 Å². The minimum atomic E-state index is 0.0103. The molecule has 242 valence electrons. The van der Waals surface area contributed by atoms with E-state index < -0.39 is 0 Å². The maximum absolute atomic E-state index is 12.3. The highest BCUT2D eigenvalue weighted by molar-refractivity contribution is 5.79. The maximum Gasteiger partial charge on any atom is 0.220 e. The van der Waals surface area contributed by atoms with E-state index in [-0.39, 0.29) is 36.0 Å². The molecule has 5 aromatic rings. The van der Waals surface area contributed by atoms with Crippen LogP contribution in [-0.4, -0.2) is 54.6 Å². The van der Waals surface area contributed by atoms with Gasteiger partial charge in [-0.25, -0.2) is 9.97 Å². The predicted octanol–water partition coefficient (Wildman–Crippen LogP) is 7.38. The van der Waals surface area contributed by atoms with Crippen LogP contribution in [0.25, 0.3) is 22.1 Å². The Morgan fingerprint density at radius 2 is 1.15 bits per heavy atom. The molecular formula is C38H43N7O2. The number of carbonyl (C=O) groups excluding carboxylic acids is 2. The van der Waals surface area contributed by atoms with E-state index in [0.717, 1.165) is 72.5 Å². The molecule has 9 heteroatoms. The van der Waals surface area contributed by atoms with Crippen LogP contribution >= 0.6 is 0 Å². The second kappa shape index (κ2) is 11.5. The number of imidazole rings is 2. The van der Waals surface area contributed by atoms with Gasteiger partial charge >= 0.3 is 0 Å². The summed E-state index contributed by atoms with van der Waals surface area (Å²) in [6.07, 6.45) is 3.87. The number of aromatic nitrogens is 4. The maximum atomic E-state index is 12.3. The molecule has 3 aromatic carbocycles. The van der Waals surface area contributed by atoms with Gasteiger partial charge in [0, 0.05) is 32.6 Å². The molecule has 2 N–H and O–H groups in total. The van der Waals surface area contributed by atoms with Crippen LogP contribution in [0.3, 0.4) is 0 Å². The number of fused-ring (bicyclic) bond motifs is 2. The minimum Gasteiger partial charge on any atom is -0.357 e. The van der Waals surface area contributed by atoms with Gasteiger partial charge in [-0.1, -0.05) is 44.2 Å². The van der Waals surface area contributed by atoms with Crippen molar-refractivity contribution in [2.75, 3.05) is 18.0 Å². The topological polar surface area (TPSA) is 101 Å². The molecule has 8 rings (SSSR count). The SMILES string of the molecule is CC(=O)N1CCCC1c1nc2ccc([C@H]3[C@@H](C)[C@H](C)[C@H](c4ccc5nc([C@@H]6CCCN6C(C)=O)[nH]c5c4)N3c3ccccc3)cc2[nH]1. The molecule has 2 amide bonds. The fourth-order valence-corrected chi connectivity index (χ4v) is 8.74. The molecule has 47 heavy (non-hydrogen) atoms. The Bertz CT molecular complexity index is 1840. The number of nitrogens with one attached hydrogen (secondary N) is 2. The summed E-state index contributed by atoms with van der Waals surface area (Å²) in [6, 6.07) is 24.4. The zero-order valence-electron chi connectivity index (χ0n) is 27.6. The summed E-state index contributed by atoms with van der Waals surface area (Å²) in [7, 11) is 0. The van der Waals surface area contributed by atoms with Crippen LogP contribution in [0.1, 0.15) is 100 Å². The van der Waals surface area contributed by atoms with Gasteiger partial charge in [0.25, 0.3) is 0 Å². The zero-order valence-corrected chi connectivity index (χ0v) is 27.6. The van der Waals surface area contributed by atoms with Crippen molar-refractivity contribution in [1.82, 2.24) is 29.7 Å². The molecular weight excluding hydrogens is 586 g/mol. The standard InChI is InChI=1S/C38H43N7O2/c1-22-23(2)36(27-15-17-30-32(21-27)42-38(40-30)34-13-9-19-44(34)25(4)47)45(28-10-6-5-7-11-28)35(22)26-14-16-29-31(20-26)41-37(39-29)33-12-8-18-43(33)24(3)46/h5-7,10-11,14-17,20-23,33-36H,8-9,12-13,18-19H2,1-4H3,(H,39,41)(H,40,42)/t22-,23-,33-,34?,35+,36+/m0/s1. The molecule has 9 nitrogen and oxygen atoms in total. The number of amides is 2. The first kappa shape index (κ1) is 29.7. The van der Waals surface area contributed by atoms with Gasteiger partial charge < -0.3 is 24.7 Å². The van der Waals surface area contributed by atoms with Crippen molar-refractivity contribution in [3.63, 3.8) is 0 Å². The first-order valence-corrected chi connectivity index (χ1v) is 17.2. The molecule has 1 unspecified atom stereocenters. The smallest absolute Gasteiger partial charge is 0.220 e. The lowest BCUT2D eigenvalue weighted by Gasteiger charge is -2.34. The molecule has 5 heterocycles. The molecule has 3 saturated heterocycles. The van der Waals surface area contributed by atoms with Crippen LogP contribution in [0.5, 0.6) is 0 Å². The van der Waals surface area contributed by atoms with Crippen LogP contribution in [-0.2, 0) is 9.59 Å². The van der Waals surface area contributed by atoms with Crippen molar-refractivity contribution in [2.45, 2.75) is 77.5 Å². The molecule has 6 atom stereocenters. The van der Waals surface area contributed by atoms with Crippen LogP contribution in [0.4, 0.5) is 5.69 Å². The van der Waals surface area contributed by atoms with E-state index in [0.29, 0.717) is 11.8 Å². The average molecular weight is 630 g/mol. The van der Waals surface area contributed by atoms with Crippen LogP contribution in [0, 0.1) is 11.8 Å². The summed E-state index contributed by atoms with van der Waals surface area (Å²) < 4.78 is 0. The molecule has 0 aliphatic carbocycles. The lowest BCUT2D eigenvalue weighted by atomic mass is 9.85. The number of para-hydroxylation sites is 1. The van der Waals surface area contributed by atoms with E-state index in [4.69, 9.17) is 9.97 Å². The number of anilines is 1. The van der Waals surface area contributed by atoms with Gasteiger partial charge in [-0.3, -0.25) is 9.59 Å². The summed E-state index contributed by atoms with van der Waals surface area (Å²) in [5, 5.41) is 0. The highest BCUT2D eigenvalue weighted by Crippen LogP contribution is 2.54. The fraction of sp³-hybridized carbons (Fsp3) is 0.421. The number of likely N-dealkylation sites (tertiary alicyclic amines) is 2. The van der Waals surface area contributed by atoms with E-state index in [1.807, 2.05) is 9.80 Å². The normalized spacial score (nSPS) is 26.3. The Morgan fingerprint density at radius 1 is 0.681 bits per heavy atom. The Hall–Kier alpha value is -4.66. The molecule has 0 radical (unpaired) electrons. The van der Waals surface area contributed by atoms with E-state index >= 15 is 0 Å². The molecule has 0 spiro atoms. The second-order valence-electron chi connectivity index (χ2n) is 13.9. The summed E-state index contributed by atoms with van der Waals surface area (Å²) in [6.45, 7) is 9.63. The molecule has 2 aromatic heterocycles. The summed E-state index contributed by atoms with van der Waals surface area (Å²) in [4.78, 5) is 48.2. The third-order valence-electron chi connectivity index (χ3n) is 11.2. The summed E-state index contributed by atoms with van der Waals surface area (Å²) in [5.74, 6) is 2.69. The number of hydrogen-bond donors (Lipinski definition) is 2. The zero-order chi connectivity index (χ0) is 32.4. The van der Waals surface area contributed by atoms with Crippen molar-refractivity contribution in [2.24, 2.45) is 11.8 Å². The second-order valence-corrected chi connectivity index (χ2v) is 13.9. The van der Waals surface area contributed by atoms with E-state index in [9.17, 15) is 9.59 Å². The minimum absolute atomic E-state index is 0.0103. The fourth-order valence-electron chi connectivity index (χ4n) is 8.74. The van der Waals surface area contributed by atoms with Gasteiger partial charge in [-0.15, -0.1) is 0 Å². The van der Waals surface area contributed by atoms with Crippen molar-refractivity contribution >= 4 is 39.6 Å². The molecule has 0 bridgehead atoms. The Morgan fingerprint density at radius 3 is 1.60 bits per heavy atom. The number of nitrogens with zero attached hydrogens (tertiary/aromatic N) is 5. The van der Waals surface area contributed by atoms with Gasteiger partial charge in [0.1, 0.15) is 11.6 Å². The predicted molar refractivity (Wildman–Crippen MR) is 184 cm³/mol. The molecule has 3 fully saturated rings. The van der Waals surface area contributed by atoms with Gasteiger partial charge in [0.2, 0.25) is 11.8 Å². The number of benzene rings is 3. The van der Waals surface area contributed by atoms with Crippen molar-refractivity contribution in [3.05, 3.63) is 89.5 Å². The van der Waals surface area contributed by atoms with Crippen molar-refractivity contribution < 1.29 is 9.59 Å². The number of carbonyl (C=O) groups is 2. The Labute approximate surface area is 275 Å². The third-order valence-corrected chi connectivity index (χ3v) is 11.2. The largest absolute Gasteiger partial charge is 0.357 e. The quantitative estimate of drug-likeness (QED) is 0.211. The van der Waals surface area contributed by atoms with E-state index in [1.165, 1.54) is 16.8 Å². The number of aromatic amines is 2. The molecule has 3 aliphatic rings. The molecule has 0 saturated carbocycles. The monoisotopic (exact) mass is 629 g/mol. The lowest BCUT2D eigenvalue weighted by Crippen LogP contribution is -2.28. The van der Waals surface area contributed by atoms with Crippen molar-refractivity contribution in [1.29, 1.82) is 0 Å². The number of H-pyrrole nitrogens is 2. The van der Waals surface area contributed by atoms with E-state index in [2.05, 4.69) is 95.4 Å². The average Bonchev–Trinajstić information content (AvgIpc) is 3.89. The van der Waals surface area contributed by atoms with Gasteiger partial charge in [-0.2, -0.15) is 0 Å². The highest BCUT2D eigenvalue weighted by Gasteiger charge is 2.46. The summed E-state index contributed by atoms with van der Waals surface area (Å²) in [5.41, 5.74) is 7.61. The number of hydrogen-bond acceptors (Lipinski definition) is 5. The first-order chi connectivity index (χ1) is 22.8. The van der Waals surface area contributed by atoms with E-state index in [1.54, 1.807) is 13.8 Å². The highest BCUT2D eigenvalue weighted by atomic mass is 16.2. The third kappa shape index (κ3) is 4.98. The number of rotatable bonds is 5. The summed E-state index contributed by atoms with van der Waals surface area (Å²) >= 11 is 0. The first-order valence-electron chi connectivity index (χ1n) is 17.2. The Balaban J connectivity index is 1.17. The molecule has 3 aliphatic heterocycles. The van der Waals surface area contributed by atoms with Crippen LogP contribution in [0.15, 0.2) is 66.7 Å². The van der Waals surface area contributed by atoms with Crippen LogP contribution in [0.2, 0.25) is 0 Å². The van der Waals surface area contributed by atoms with Crippen LogP contribution < -0.4 is 4.90 Å². The Kier molecular flexibility index (Phi) is 7.30. The van der Waals surface area contributed by atoms with Gasteiger partial charge in [-0.05, 0) is 85.0 Å².